The van der Waals surface area contributed by atoms with Gasteiger partial charge in [0, 0.05) is 5.92 Å². The van der Waals surface area contributed by atoms with Crippen LogP contribution in [0.4, 0.5) is 16.2 Å². The highest BCUT2D eigenvalue weighted by molar-refractivity contribution is 7.79. The number of aliphatic hydroxyl groups is 1. The first-order chi connectivity index (χ1) is 22.4. The van der Waals surface area contributed by atoms with Crippen molar-refractivity contribution in [1.82, 2.24) is 44.3 Å². The highest BCUT2D eigenvalue weighted by Gasteiger charge is 2.53. The van der Waals surface area contributed by atoms with Crippen LogP contribution in [0.1, 0.15) is 12.5 Å². The van der Waals surface area contributed by atoms with Gasteiger partial charge in [0.05, 0.1) is 46.1 Å². The lowest BCUT2D eigenvalue weighted by atomic mass is 9.99. The van der Waals surface area contributed by atoms with Gasteiger partial charge in [-0.2, -0.15) is 4.98 Å². The second-order valence-corrected chi connectivity index (χ2v) is 12.9. The molecule has 0 radical (unpaired) electrons. The zero-order valence-corrected chi connectivity index (χ0v) is 24.9. The zero-order valence-electron chi connectivity index (χ0n) is 23.1. The molecule has 0 aliphatic carbocycles. The topological polar surface area (TPSA) is 301 Å². The molecule has 7 heterocycles. The Balaban J connectivity index is 1.24. The van der Waals surface area contributed by atoms with Crippen LogP contribution in [0.2, 0.25) is 0 Å². The van der Waals surface area contributed by atoms with E-state index in [1.807, 2.05) is 0 Å². The molecule has 0 spiro atoms. The third kappa shape index (κ3) is 5.64. The highest BCUT2D eigenvalue weighted by Crippen LogP contribution is 2.54. The Bertz CT molecular complexity index is 1980. The summed E-state index contributed by atoms with van der Waals surface area (Å²) in [4.78, 5) is 35.0. The number of nitrogens with zero attached hydrogens (tertiary/aromatic N) is 7. The first kappa shape index (κ1) is 32.2. The molecule has 3 aliphatic heterocycles. The number of ether oxygens (including phenoxy) is 2. The van der Waals surface area contributed by atoms with Crippen LogP contribution >= 0.6 is 15.2 Å². The number of aliphatic hydroxyl groups excluding tert-OH is 1. The Labute approximate surface area is 262 Å². The van der Waals surface area contributed by atoms with Gasteiger partial charge in [-0.05, 0) is 0 Å². The number of nitrogens with two attached hydrogens (primary N) is 2. The van der Waals surface area contributed by atoms with Crippen LogP contribution < -0.4 is 22.3 Å². The maximum absolute atomic E-state index is 16.2. The molecule has 3 saturated heterocycles. The van der Waals surface area contributed by atoms with Crippen molar-refractivity contribution in [2.75, 3.05) is 31.3 Å². The van der Waals surface area contributed by atoms with Gasteiger partial charge in [-0.25, -0.2) is 28.9 Å². The van der Waals surface area contributed by atoms with Gasteiger partial charge in [-0.1, -0.05) is 0 Å². The minimum Gasteiger partial charge on any atom is -0.396 e. The molecule has 3 unspecified atom stereocenters. The van der Waals surface area contributed by atoms with Gasteiger partial charge in [-0.15, -0.1) is 5.25 Å². The normalized spacial score (nSPS) is 36.6. The fourth-order valence-corrected chi connectivity index (χ4v) is 7.43. The molecule has 10 atom stereocenters. The Kier molecular flexibility index (Phi) is 8.16. The van der Waals surface area contributed by atoms with E-state index in [9.17, 15) is 24.2 Å². The van der Waals surface area contributed by atoms with Gasteiger partial charge in [0.15, 0.2) is 41.3 Å². The van der Waals surface area contributed by atoms with Crippen LogP contribution in [0, 0.1) is 5.92 Å². The molecule has 4 aromatic rings. The average Bonchev–Trinajstić information content (AvgIpc) is 3.79. The number of nitrogens with one attached hydrogen (secondary N) is 2. The maximum Gasteiger partial charge on any atom is 0.428 e. The number of aromatic amines is 1. The van der Waals surface area contributed by atoms with E-state index in [-0.39, 0.29) is 34.1 Å². The summed E-state index contributed by atoms with van der Waals surface area (Å²) in [6.07, 6.45) is -6.64. The molecule has 47 heavy (non-hydrogen) atoms. The molecule has 22 nitrogen and oxygen atoms in total. The van der Waals surface area contributed by atoms with Crippen molar-refractivity contribution in [3.05, 3.63) is 29.3 Å². The zero-order chi connectivity index (χ0) is 33.2. The quantitative estimate of drug-likeness (QED) is 0.0780. The minimum atomic E-state index is -4.75. The predicted molar refractivity (Wildman–Crippen MR) is 157 cm³/mol. The van der Waals surface area contributed by atoms with E-state index in [1.165, 1.54) is 27.0 Å². The van der Waals surface area contributed by atoms with E-state index in [4.69, 9.17) is 39.0 Å². The van der Waals surface area contributed by atoms with Crippen molar-refractivity contribution in [1.29, 1.82) is 0 Å². The first-order valence-electron chi connectivity index (χ1n) is 13.4. The number of rotatable bonds is 4. The molecule has 2 bridgehead atoms. The standard InChI is InChI=1S/C21H28BFN11O11P2/c22-46(38)40-3-9-14(10(23)19(43-9)33-5-28-11-15(24)26-4-27-16(11)33)45-47(39,32-37)41-2-8-7(1-35)13(44-46)20(42-8)34-6-29-12-17(34)30-21(25)31-18(12)36/h4-10,13-14,19-20,35,37H,1-3H2,22H3,(H,32,39)(H2,24,26,27)(H3,25,30,31,36)/q-1/t7?,8-,9-,10+,13+,14?,19-,20-,46-,47?/m1/s1. The van der Waals surface area contributed by atoms with Crippen molar-refractivity contribution in [3.8, 4) is 0 Å². The molecule has 0 amide bonds. The molecule has 8 N–H and O–H groups in total. The average molecular weight is 702 g/mol. The van der Waals surface area contributed by atoms with Crippen LogP contribution in [0.25, 0.3) is 22.3 Å². The summed E-state index contributed by atoms with van der Waals surface area (Å²) < 4.78 is 81.0. The number of hydrogen-bond donors (Lipinski definition) is 6. The number of alkyl halides is 1. The van der Waals surface area contributed by atoms with Crippen molar-refractivity contribution in [3.63, 3.8) is 0 Å². The Morgan fingerprint density at radius 2 is 1.70 bits per heavy atom. The fraction of sp³-hybridized carbons (Fsp3) is 0.524. The number of fused-ring (bicyclic) bond motifs is 5. The molecule has 3 aliphatic rings. The van der Waals surface area contributed by atoms with Crippen LogP contribution in [-0.4, -0.2) is 107 Å². The van der Waals surface area contributed by atoms with Crippen LogP contribution in [0.3, 0.4) is 0 Å². The fourth-order valence-electron chi connectivity index (χ4n) is 5.56. The summed E-state index contributed by atoms with van der Waals surface area (Å²) in [6.45, 7) is -1.80. The number of H-pyrrole nitrogens is 1. The maximum atomic E-state index is 16.2. The van der Waals surface area contributed by atoms with Crippen LogP contribution in [0.5, 0.6) is 0 Å². The molecular weight excluding hydrogens is 674 g/mol. The van der Waals surface area contributed by atoms with E-state index < -0.39 is 97.1 Å². The summed E-state index contributed by atoms with van der Waals surface area (Å²) in [5.41, 5.74) is 11.2. The lowest BCUT2D eigenvalue weighted by molar-refractivity contribution is -0.0600. The number of hydrogen-bond acceptors (Lipinski definition) is 18. The summed E-state index contributed by atoms with van der Waals surface area (Å²) >= 11 is 0. The van der Waals surface area contributed by atoms with Crippen molar-refractivity contribution in [2.45, 2.75) is 43.0 Å². The SMILES string of the molecule is [BH3-][P@@]1(=O)OC[C@H]2O[C@@H](n3cnc4c(N)ncnc43)[C@@H](F)C2OP(=O)(NO)OC[C@H]2O[C@@H](n3cnc4c(=O)[nH]c(N)nc43)[C@@H](O1)C2CO. The van der Waals surface area contributed by atoms with E-state index in [2.05, 4.69) is 29.9 Å². The Morgan fingerprint density at radius 3 is 2.45 bits per heavy atom. The lowest BCUT2D eigenvalue weighted by Crippen LogP contribution is -2.35. The number of halogens is 1. The summed E-state index contributed by atoms with van der Waals surface area (Å²) in [6, 6.07) is 0. The molecule has 3 fully saturated rings. The first-order valence-corrected chi connectivity index (χ1v) is 16.1. The highest BCUT2D eigenvalue weighted by atomic mass is 31.2. The smallest absolute Gasteiger partial charge is 0.396 e. The third-order valence-electron chi connectivity index (χ3n) is 7.70. The van der Waals surface area contributed by atoms with Gasteiger partial charge < -0.3 is 44.9 Å². The Hall–Kier alpha value is -3.41. The monoisotopic (exact) mass is 702 g/mol. The number of aromatic nitrogens is 8. The van der Waals surface area contributed by atoms with Crippen LogP contribution in [0.15, 0.2) is 23.8 Å². The molecule has 254 valence electrons. The molecule has 4 aromatic heterocycles. The van der Waals surface area contributed by atoms with E-state index in [0.717, 1.165) is 6.33 Å². The van der Waals surface area contributed by atoms with Crippen molar-refractivity contribution in [2.24, 2.45) is 5.92 Å². The van der Waals surface area contributed by atoms with Gasteiger partial charge in [0.2, 0.25) is 5.95 Å². The second-order valence-electron chi connectivity index (χ2n) is 10.3. The second kappa shape index (κ2) is 11.9. The van der Waals surface area contributed by atoms with Crippen molar-refractivity contribution < 1.29 is 51.4 Å². The van der Waals surface area contributed by atoms with Gasteiger partial charge in [-0.3, -0.25) is 28.0 Å². The largest absolute Gasteiger partial charge is 0.428 e. The van der Waals surface area contributed by atoms with E-state index in [0.29, 0.717) is 0 Å². The van der Waals surface area contributed by atoms with E-state index >= 15 is 4.39 Å². The van der Waals surface area contributed by atoms with E-state index in [1.54, 1.807) is 0 Å². The Morgan fingerprint density at radius 1 is 1.00 bits per heavy atom. The molecule has 7 rings (SSSR count). The van der Waals surface area contributed by atoms with Crippen LogP contribution in [-0.2, 0) is 36.7 Å². The minimum absolute atomic E-state index is 0.00423. The molecule has 0 saturated carbocycles. The summed E-state index contributed by atoms with van der Waals surface area (Å²) in [5, 5.41) is 21.7. The lowest BCUT2D eigenvalue weighted by Gasteiger charge is -2.30. The molecule has 0 aromatic carbocycles. The number of anilines is 2. The van der Waals surface area contributed by atoms with Gasteiger partial charge >= 0.3 is 7.75 Å². The van der Waals surface area contributed by atoms with Crippen molar-refractivity contribution >= 4 is 56.9 Å². The predicted octanol–water partition coefficient (Wildman–Crippen LogP) is -1.76. The molecular formula is C21H28BFN11O11P2-. The summed E-state index contributed by atoms with van der Waals surface area (Å²) in [5.74, 6) is -1.17. The molecule has 26 heteroatoms. The number of imidazole rings is 2. The summed E-state index contributed by atoms with van der Waals surface area (Å²) in [7, 11) is -9.92. The number of nitrogen functional groups attached to an aromatic ring is 2. The van der Waals surface area contributed by atoms with Gasteiger partial charge in [0.25, 0.3) is 5.56 Å². The van der Waals surface area contributed by atoms with Gasteiger partial charge in [0.1, 0.15) is 37.6 Å². The third-order valence-corrected chi connectivity index (χ3v) is 9.73.